The average molecular weight is 462 g/mol. The number of benzene rings is 3. The van der Waals surface area contributed by atoms with Gasteiger partial charge < -0.3 is 5.73 Å². The Bertz CT molecular complexity index is 1160. The van der Waals surface area contributed by atoms with E-state index in [0.29, 0.717) is 16.6 Å². The second kappa shape index (κ2) is 9.38. The number of nitrogens with zero attached hydrogens (tertiary/aromatic N) is 1. The fourth-order valence-corrected chi connectivity index (χ4v) is 4.81. The summed E-state index contributed by atoms with van der Waals surface area (Å²) in [7, 11) is 0. The fourth-order valence-electron chi connectivity index (χ4n) is 3.20. The fraction of sp³-hybridized carbons (Fsp3) is 0.0870. The predicted molar refractivity (Wildman–Crippen MR) is 128 cm³/mol. The molecule has 2 nitrogen and oxygen atoms in total. The van der Waals surface area contributed by atoms with Crippen LogP contribution < -0.4 is 5.73 Å². The van der Waals surface area contributed by atoms with Crippen molar-refractivity contribution in [2.45, 2.75) is 23.3 Å². The van der Waals surface area contributed by atoms with Gasteiger partial charge in [-0.3, -0.25) is 0 Å². The third-order valence-corrected chi connectivity index (χ3v) is 6.27. The normalized spacial score (nSPS) is 10.8. The van der Waals surface area contributed by atoms with Gasteiger partial charge in [0, 0.05) is 37.9 Å². The molecule has 0 aliphatic heterocycles. The Morgan fingerprint density at radius 2 is 1.72 bits per heavy atom. The summed E-state index contributed by atoms with van der Waals surface area (Å²) in [6, 6.07) is 22.0. The van der Waals surface area contributed by atoms with Gasteiger partial charge in [-0.15, -0.1) is 12.4 Å². The van der Waals surface area contributed by atoms with Gasteiger partial charge >= 0.3 is 0 Å². The summed E-state index contributed by atoms with van der Waals surface area (Å²) in [6.07, 6.45) is 0. The van der Waals surface area contributed by atoms with Crippen LogP contribution in [-0.2, 0) is 6.54 Å². The molecule has 4 rings (SSSR count). The largest absolute Gasteiger partial charge is 0.326 e. The van der Waals surface area contributed by atoms with Crippen LogP contribution in [0.3, 0.4) is 0 Å². The highest BCUT2D eigenvalue weighted by atomic mass is 35.5. The van der Waals surface area contributed by atoms with E-state index in [1.807, 2.05) is 36.4 Å². The van der Waals surface area contributed by atoms with E-state index in [4.69, 9.17) is 33.9 Å². The summed E-state index contributed by atoms with van der Waals surface area (Å²) < 4.78 is 0. The van der Waals surface area contributed by atoms with Crippen molar-refractivity contribution in [2.24, 2.45) is 5.73 Å². The zero-order valence-corrected chi connectivity index (χ0v) is 18.8. The van der Waals surface area contributed by atoms with E-state index in [1.54, 1.807) is 17.8 Å². The quantitative estimate of drug-likeness (QED) is 0.341. The maximum atomic E-state index is 6.51. The molecule has 0 aliphatic rings. The maximum absolute atomic E-state index is 6.51. The standard InChI is InChI=1S/C23H18Cl2N2S.ClH/c1-14-7-10-21-18(11-14)23(28-16-5-3-2-4-6-16)19(13-26)22(27-21)17-9-8-15(24)12-20(17)25;/h2-12H,13,26H2,1H3;1H. The maximum Gasteiger partial charge on any atom is 0.0780 e. The smallest absolute Gasteiger partial charge is 0.0780 e. The van der Waals surface area contributed by atoms with Crippen LogP contribution in [0.4, 0.5) is 0 Å². The Morgan fingerprint density at radius 1 is 0.966 bits per heavy atom. The SMILES string of the molecule is Cc1ccc2nc(-c3ccc(Cl)cc3Cl)c(CN)c(Sc3ccccc3)c2c1.Cl. The molecule has 0 radical (unpaired) electrons. The first-order valence-corrected chi connectivity index (χ1v) is 10.5. The van der Waals surface area contributed by atoms with Crippen LogP contribution in [0.15, 0.2) is 76.5 Å². The molecule has 29 heavy (non-hydrogen) atoms. The number of halogens is 3. The minimum atomic E-state index is 0. The second-order valence-corrected chi connectivity index (χ2v) is 8.46. The highest BCUT2D eigenvalue weighted by molar-refractivity contribution is 7.99. The molecule has 0 aliphatic carbocycles. The second-order valence-electron chi connectivity index (χ2n) is 6.53. The molecule has 148 valence electrons. The molecule has 0 fully saturated rings. The zero-order valence-electron chi connectivity index (χ0n) is 15.7. The minimum Gasteiger partial charge on any atom is -0.326 e. The molecule has 6 heteroatoms. The number of aromatic nitrogens is 1. The van der Waals surface area contributed by atoms with Crippen molar-refractivity contribution in [2.75, 3.05) is 0 Å². The molecule has 3 aromatic carbocycles. The van der Waals surface area contributed by atoms with Gasteiger partial charge in [-0.1, -0.05) is 64.8 Å². The summed E-state index contributed by atoms with van der Waals surface area (Å²) >= 11 is 14.3. The van der Waals surface area contributed by atoms with Gasteiger partial charge in [0.2, 0.25) is 0 Å². The summed E-state index contributed by atoms with van der Waals surface area (Å²) in [5.41, 5.74) is 11.0. The lowest BCUT2D eigenvalue weighted by Crippen LogP contribution is -2.05. The van der Waals surface area contributed by atoms with Gasteiger partial charge in [0.25, 0.3) is 0 Å². The predicted octanol–water partition coefficient (Wildman–Crippen LogP) is 7.55. The summed E-state index contributed by atoms with van der Waals surface area (Å²) in [5, 5.41) is 2.26. The first kappa shape index (κ1) is 21.9. The number of hydrogen-bond acceptors (Lipinski definition) is 3. The number of aryl methyl sites for hydroxylation is 1. The molecule has 0 amide bonds. The van der Waals surface area contributed by atoms with E-state index in [-0.39, 0.29) is 12.4 Å². The molecule has 0 bridgehead atoms. The van der Waals surface area contributed by atoms with E-state index < -0.39 is 0 Å². The van der Waals surface area contributed by atoms with Crippen LogP contribution in [0.1, 0.15) is 11.1 Å². The molecular weight excluding hydrogens is 443 g/mol. The molecule has 2 N–H and O–H groups in total. The third kappa shape index (κ3) is 4.55. The van der Waals surface area contributed by atoms with E-state index in [1.165, 1.54) is 5.56 Å². The molecule has 0 saturated heterocycles. The van der Waals surface area contributed by atoms with E-state index in [0.717, 1.165) is 37.5 Å². The summed E-state index contributed by atoms with van der Waals surface area (Å²) in [4.78, 5) is 7.20. The van der Waals surface area contributed by atoms with Crippen molar-refractivity contribution in [3.05, 3.63) is 87.9 Å². The van der Waals surface area contributed by atoms with Gasteiger partial charge in [-0.2, -0.15) is 0 Å². The summed E-state index contributed by atoms with van der Waals surface area (Å²) in [5.74, 6) is 0. The van der Waals surface area contributed by atoms with Crippen LogP contribution in [-0.4, -0.2) is 4.98 Å². The van der Waals surface area contributed by atoms with Crippen molar-refractivity contribution in [3.8, 4) is 11.3 Å². The van der Waals surface area contributed by atoms with Crippen molar-refractivity contribution >= 4 is 58.3 Å². The first-order valence-electron chi connectivity index (χ1n) is 8.88. The molecule has 1 heterocycles. The number of fused-ring (bicyclic) bond motifs is 1. The number of pyridine rings is 1. The Balaban J connectivity index is 0.00000240. The van der Waals surface area contributed by atoms with Gasteiger partial charge in [-0.05, 0) is 49.4 Å². The molecule has 0 unspecified atom stereocenters. The van der Waals surface area contributed by atoms with Gasteiger partial charge in [0.1, 0.15) is 0 Å². The minimum absolute atomic E-state index is 0. The lowest BCUT2D eigenvalue weighted by molar-refractivity contribution is 1.02. The summed E-state index contributed by atoms with van der Waals surface area (Å²) in [6.45, 7) is 2.45. The Labute approximate surface area is 190 Å². The van der Waals surface area contributed by atoms with E-state index in [9.17, 15) is 0 Å². The molecule has 4 aromatic rings. The van der Waals surface area contributed by atoms with Gasteiger partial charge in [0.15, 0.2) is 0 Å². The van der Waals surface area contributed by atoms with E-state index >= 15 is 0 Å². The Kier molecular flexibility index (Phi) is 7.10. The van der Waals surface area contributed by atoms with Crippen molar-refractivity contribution < 1.29 is 0 Å². The monoisotopic (exact) mass is 460 g/mol. The van der Waals surface area contributed by atoms with Crippen molar-refractivity contribution in [3.63, 3.8) is 0 Å². The third-order valence-electron chi connectivity index (χ3n) is 4.54. The number of hydrogen-bond donors (Lipinski definition) is 1. The lowest BCUT2D eigenvalue weighted by atomic mass is 10.0. The molecule has 1 aromatic heterocycles. The van der Waals surface area contributed by atoms with Crippen molar-refractivity contribution in [1.82, 2.24) is 4.98 Å². The Morgan fingerprint density at radius 3 is 2.41 bits per heavy atom. The molecule has 0 spiro atoms. The zero-order chi connectivity index (χ0) is 19.7. The highest BCUT2D eigenvalue weighted by Gasteiger charge is 2.18. The van der Waals surface area contributed by atoms with Gasteiger partial charge in [0.05, 0.1) is 16.2 Å². The topological polar surface area (TPSA) is 38.9 Å². The lowest BCUT2D eigenvalue weighted by Gasteiger charge is -2.17. The van der Waals surface area contributed by atoms with Crippen LogP contribution >= 0.6 is 47.4 Å². The molecule has 0 saturated carbocycles. The molecular formula is C23H19Cl3N2S. The van der Waals surface area contributed by atoms with Crippen LogP contribution in [0.5, 0.6) is 0 Å². The van der Waals surface area contributed by atoms with Crippen LogP contribution in [0, 0.1) is 6.92 Å². The highest BCUT2D eigenvalue weighted by Crippen LogP contribution is 2.41. The van der Waals surface area contributed by atoms with E-state index in [2.05, 4.69) is 31.2 Å². The molecule has 0 atom stereocenters. The first-order chi connectivity index (χ1) is 13.6. The Hall–Kier alpha value is -1.75. The average Bonchev–Trinajstić information content (AvgIpc) is 2.69. The van der Waals surface area contributed by atoms with Crippen LogP contribution in [0.25, 0.3) is 22.2 Å². The van der Waals surface area contributed by atoms with Crippen LogP contribution in [0.2, 0.25) is 10.0 Å². The van der Waals surface area contributed by atoms with Crippen molar-refractivity contribution in [1.29, 1.82) is 0 Å². The van der Waals surface area contributed by atoms with Gasteiger partial charge in [-0.25, -0.2) is 4.98 Å². The number of rotatable bonds is 4. The number of nitrogens with two attached hydrogens (primary N) is 1.